The molecule has 0 heterocycles. The summed E-state index contributed by atoms with van der Waals surface area (Å²) in [7, 11) is 0. The zero-order chi connectivity index (χ0) is 11.8. The standard InChI is InChI=1S/C12H14FO.BrH.Zn/c13-11-8-4-5-9-12(11)14-10-6-2-1-3-7-10;;/h4,8-10H,1-3,6-7H2;1H;/q-1;;+2/p-1. The molecule has 4 heteroatoms. The summed E-state index contributed by atoms with van der Waals surface area (Å²) in [6.45, 7) is 0. The molecule has 1 saturated carbocycles. The van der Waals surface area contributed by atoms with E-state index in [0.717, 1.165) is 12.8 Å². The second-order valence-corrected chi connectivity index (χ2v) is 3.73. The monoisotopic (exact) mass is 336 g/mol. The molecule has 1 aromatic rings. The van der Waals surface area contributed by atoms with E-state index in [4.69, 9.17) is 4.74 Å². The third-order valence-electron chi connectivity index (χ3n) is 2.62. The van der Waals surface area contributed by atoms with Crippen LogP contribution in [0.25, 0.3) is 0 Å². The normalized spacial score (nSPS) is 16.2. The van der Waals surface area contributed by atoms with Crippen molar-refractivity contribution in [3.8, 4) is 5.75 Å². The zero-order valence-corrected chi connectivity index (χ0v) is 13.8. The quantitative estimate of drug-likeness (QED) is 0.581. The van der Waals surface area contributed by atoms with Gasteiger partial charge in [0.2, 0.25) is 0 Å². The molecule has 1 aliphatic carbocycles. The van der Waals surface area contributed by atoms with Gasteiger partial charge in [0.1, 0.15) is 0 Å². The summed E-state index contributed by atoms with van der Waals surface area (Å²) in [6.07, 6.45) is 5.98. The Morgan fingerprint density at radius 3 is 2.62 bits per heavy atom. The molecule has 0 bridgehead atoms. The van der Waals surface area contributed by atoms with Crippen LogP contribution < -0.4 is 4.74 Å². The van der Waals surface area contributed by atoms with Crippen molar-refractivity contribution in [3.63, 3.8) is 0 Å². The van der Waals surface area contributed by atoms with E-state index in [1.54, 1.807) is 12.1 Å². The number of ether oxygens (including phenoxy) is 1. The molecule has 0 spiro atoms. The summed E-state index contributed by atoms with van der Waals surface area (Å²) >= 11 is 4.25. The van der Waals surface area contributed by atoms with Crippen molar-refractivity contribution in [1.29, 1.82) is 0 Å². The molecule has 0 N–H and O–H groups in total. The average Bonchev–Trinajstić information content (AvgIpc) is 2.36. The molecule has 0 aromatic heterocycles. The van der Waals surface area contributed by atoms with Crippen molar-refractivity contribution in [1.82, 2.24) is 0 Å². The summed E-state index contributed by atoms with van der Waals surface area (Å²) < 4.78 is 18.8. The van der Waals surface area contributed by atoms with Gasteiger partial charge in [0.15, 0.2) is 0 Å². The second kappa shape index (κ2) is 8.19. The molecule has 1 nitrogen and oxygen atoms in total. The van der Waals surface area contributed by atoms with Gasteiger partial charge in [-0.3, -0.25) is 0 Å². The van der Waals surface area contributed by atoms with Gasteiger partial charge in [-0.05, 0) is 25.7 Å². The van der Waals surface area contributed by atoms with Crippen molar-refractivity contribution in [3.05, 3.63) is 30.1 Å². The van der Waals surface area contributed by atoms with Crippen molar-refractivity contribution in [2.45, 2.75) is 38.2 Å². The number of hydrogen-bond acceptors (Lipinski definition) is 1. The summed E-state index contributed by atoms with van der Waals surface area (Å²) in [6, 6.07) is 7.35. The first-order valence-corrected chi connectivity index (χ1v) is 12.4. The zero-order valence-electron chi connectivity index (χ0n) is 9.22. The predicted octanol–water partition coefficient (Wildman–Crippen LogP) is 4.18. The topological polar surface area (TPSA) is 9.23 Å². The number of hydrogen-bond donors (Lipinski definition) is 0. The second-order valence-electron chi connectivity index (χ2n) is 3.73. The van der Waals surface area contributed by atoms with Crippen LogP contribution in [0.3, 0.4) is 0 Å². The Bertz CT molecular complexity index is 303. The molecular formula is C12H14BrFOZn. The Balaban J connectivity index is 0.000000606. The minimum absolute atomic E-state index is 0.203. The van der Waals surface area contributed by atoms with Gasteiger partial charge in [-0.2, -0.15) is 12.1 Å². The molecule has 1 fully saturated rings. The number of halogens is 2. The summed E-state index contributed by atoms with van der Waals surface area (Å²) in [5, 5.41) is 0. The van der Waals surface area contributed by atoms with Gasteiger partial charge >= 0.3 is 30.0 Å². The van der Waals surface area contributed by atoms with Crippen molar-refractivity contribution >= 4 is 13.6 Å². The van der Waals surface area contributed by atoms with E-state index in [9.17, 15) is 4.39 Å². The van der Waals surface area contributed by atoms with Gasteiger partial charge in [-0.15, -0.1) is 12.1 Å². The number of rotatable bonds is 2. The molecule has 0 saturated heterocycles. The Labute approximate surface area is 113 Å². The van der Waals surface area contributed by atoms with E-state index in [-0.39, 0.29) is 11.9 Å². The first-order chi connectivity index (χ1) is 7.86. The molecule has 0 radical (unpaired) electrons. The van der Waals surface area contributed by atoms with Gasteiger partial charge in [-0.1, -0.05) is 6.42 Å². The van der Waals surface area contributed by atoms with Gasteiger partial charge in [0.05, 0.1) is 11.9 Å². The van der Waals surface area contributed by atoms with Gasteiger partial charge in [0, 0.05) is 5.75 Å². The first-order valence-electron chi connectivity index (χ1n) is 5.45. The molecule has 0 atom stereocenters. The molecular weight excluding hydrogens is 324 g/mol. The molecule has 16 heavy (non-hydrogen) atoms. The fourth-order valence-corrected chi connectivity index (χ4v) is 1.85. The van der Waals surface area contributed by atoms with E-state index in [1.165, 1.54) is 41.7 Å². The Morgan fingerprint density at radius 2 is 2.00 bits per heavy atom. The SMILES string of the molecule is Fc1cc[c-]cc1OC1CCCCC1.[Zn+][Br]. The summed E-state index contributed by atoms with van der Waals surface area (Å²) in [5.41, 5.74) is 0. The van der Waals surface area contributed by atoms with Crippen LogP contribution in [-0.4, -0.2) is 6.10 Å². The Morgan fingerprint density at radius 1 is 1.31 bits per heavy atom. The van der Waals surface area contributed by atoms with E-state index >= 15 is 0 Å². The first kappa shape index (κ1) is 14.1. The predicted molar refractivity (Wildman–Crippen MR) is 61.7 cm³/mol. The Hall–Kier alpha value is 0.0534. The molecule has 0 unspecified atom stereocenters. The van der Waals surface area contributed by atoms with E-state index < -0.39 is 0 Å². The third kappa shape index (κ3) is 4.51. The van der Waals surface area contributed by atoms with Crippen LogP contribution >= 0.6 is 13.6 Å². The van der Waals surface area contributed by atoms with Gasteiger partial charge in [-0.25, -0.2) is 4.39 Å². The van der Waals surface area contributed by atoms with Crippen LogP contribution in [0.4, 0.5) is 4.39 Å². The fourth-order valence-electron chi connectivity index (χ4n) is 1.85. The third-order valence-corrected chi connectivity index (χ3v) is 2.62. The molecule has 0 amide bonds. The van der Waals surface area contributed by atoms with Crippen LogP contribution in [0.2, 0.25) is 0 Å². The van der Waals surface area contributed by atoms with E-state index in [1.807, 2.05) is 0 Å². The van der Waals surface area contributed by atoms with E-state index in [2.05, 4.69) is 19.7 Å². The van der Waals surface area contributed by atoms with Crippen LogP contribution in [0, 0.1) is 11.9 Å². The maximum atomic E-state index is 13.2. The van der Waals surface area contributed by atoms with Gasteiger partial charge < -0.3 is 4.74 Å². The minimum atomic E-state index is -0.283. The molecule has 0 aliphatic heterocycles. The van der Waals surface area contributed by atoms with Crippen LogP contribution in [0.1, 0.15) is 32.1 Å². The summed E-state index contributed by atoms with van der Waals surface area (Å²) in [5.74, 6) is 0.0636. The molecule has 1 aromatic carbocycles. The molecule has 2 rings (SSSR count). The fraction of sp³-hybridized carbons (Fsp3) is 0.500. The van der Waals surface area contributed by atoms with Crippen LogP contribution in [0.15, 0.2) is 18.2 Å². The average molecular weight is 339 g/mol. The summed E-state index contributed by atoms with van der Waals surface area (Å²) in [4.78, 5) is 0. The molecule has 1 aliphatic rings. The Kier molecular flexibility index (Phi) is 7.22. The van der Waals surface area contributed by atoms with Crippen molar-refractivity contribution in [2.75, 3.05) is 0 Å². The molecule has 84 valence electrons. The van der Waals surface area contributed by atoms with Crippen LogP contribution in [0.5, 0.6) is 5.75 Å². The van der Waals surface area contributed by atoms with Crippen molar-refractivity contribution in [2.24, 2.45) is 0 Å². The van der Waals surface area contributed by atoms with E-state index in [0.29, 0.717) is 5.75 Å². The number of benzene rings is 1. The maximum absolute atomic E-state index is 13.2. The van der Waals surface area contributed by atoms with Gasteiger partial charge in [0.25, 0.3) is 0 Å². The van der Waals surface area contributed by atoms with Crippen LogP contribution in [-0.2, 0) is 16.3 Å². The van der Waals surface area contributed by atoms with Crippen molar-refractivity contribution < 1.29 is 25.5 Å².